The second-order valence-corrected chi connectivity index (χ2v) is 13.0. The Morgan fingerprint density at radius 1 is 0.378 bits per heavy atom. The molecule has 208 valence electrons. The first-order valence-corrected chi connectivity index (χ1v) is 16.2. The van der Waals surface area contributed by atoms with Crippen LogP contribution >= 0.6 is 11.8 Å². The van der Waals surface area contributed by atoms with Gasteiger partial charge in [0.1, 0.15) is 0 Å². The Labute approximate surface area is 264 Å². The van der Waals surface area contributed by atoms with Crippen molar-refractivity contribution in [1.82, 2.24) is 4.98 Å². The maximum atomic E-state index is 4.67. The zero-order valence-corrected chi connectivity index (χ0v) is 25.1. The largest absolute Gasteiger partial charge is 0.263 e. The predicted molar refractivity (Wildman–Crippen MR) is 192 cm³/mol. The van der Waals surface area contributed by atoms with Crippen LogP contribution in [0.5, 0.6) is 0 Å². The summed E-state index contributed by atoms with van der Waals surface area (Å²) in [6.45, 7) is 0. The van der Waals surface area contributed by atoms with Crippen molar-refractivity contribution in [2.75, 3.05) is 0 Å². The van der Waals surface area contributed by atoms with Crippen molar-refractivity contribution in [1.29, 1.82) is 0 Å². The van der Waals surface area contributed by atoms with Gasteiger partial charge in [0.2, 0.25) is 0 Å². The third kappa shape index (κ3) is 3.61. The zero-order chi connectivity index (χ0) is 29.5. The van der Waals surface area contributed by atoms with E-state index in [0.29, 0.717) is 0 Å². The predicted octanol–water partition coefficient (Wildman–Crippen LogP) is 12.3. The highest BCUT2D eigenvalue weighted by Crippen LogP contribution is 2.53. The summed E-state index contributed by atoms with van der Waals surface area (Å²) in [5.41, 5.74) is 7.57. The number of fused-ring (bicyclic) bond motifs is 9. The molecule has 1 aromatic heterocycles. The highest BCUT2D eigenvalue weighted by Gasteiger charge is 2.24. The van der Waals surface area contributed by atoms with E-state index in [-0.39, 0.29) is 0 Å². The average molecular weight is 588 g/mol. The van der Waals surface area contributed by atoms with E-state index >= 15 is 0 Å². The molecule has 1 aliphatic rings. The number of pyridine rings is 1. The smallest absolute Gasteiger partial charge is 0.0353 e. The summed E-state index contributed by atoms with van der Waals surface area (Å²) in [6.07, 6.45) is 4.04. The maximum Gasteiger partial charge on any atom is 0.0353 e. The SMILES string of the molecule is c1ccc(-c2cc3c4ccccc4c(-c4cc5c(c6ccccc46)-c4cncc6cccc(c46)S5)cc3c3ccccc23)cc1. The summed E-state index contributed by atoms with van der Waals surface area (Å²) in [6, 6.07) is 51.4. The Morgan fingerprint density at radius 2 is 0.956 bits per heavy atom. The minimum Gasteiger partial charge on any atom is -0.263 e. The van der Waals surface area contributed by atoms with Crippen molar-refractivity contribution in [3.8, 4) is 33.4 Å². The Morgan fingerprint density at radius 3 is 1.69 bits per heavy atom. The summed E-state index contributed by atoms with van der Waals surface area (Å²) >= 11 is 1.88. The van der Waals surface area contributed by atoms with E-state index in [1.807, 2.05) is 18.0 Å². The molecule has 0 atom stereocenters. The third-order valence-corrected chi connectivity index (χ3v) is 10.6. The third-order valence-electron chi connectivity index (χ3n) is 9.50. The van der Waals surface area contributed by atoms with Crippen LogP contribution in [0.1, 0.15) is 0 Å². The molecule has 0 saturated heterocycles. The van der Waals surface area contributed by atoms with Crippen molar-refractivity contribution >= 4 is 65.6 Å². The number of rotatable bonds is 2. The van der Waals surface area contributed by atoms with Gasteiger partial charge in [0.05, 0.1) is 0 Å². The molecule has 0 bridgehead atoms. The monoisotopic (exact) mass is 587 g/mol. The minimum absolute atomic E-state index is 1.19. The lowest BCUT2D eigenvalue weighted by molar-refractivity contribution is 1.32. The molecule has 1 nitrogen and oxygen atoms in total. The van der Waals surface area contributed by atoms with Gasteiger partial charge in [-0.3, -0.25) is 4.98 Å². The van der Waals surface area contributed by atoms with Crippen LogP contribution in [0.2, 0.25) is 0 Å². The molecule has 2 heterocycles. The molecule has 8 aromatic carbocycles. The second-order valence-electron chi connectivity index (χ2n) is 11.9. The van der Waals surface area contributed by atoms with Gasteiger partial charge in [-0.15, -0.1) is 0 Å². The first kappa shape index (κ1) is 24.9. The van der Waals surface area contributed by atoms with Crippen LogP contribution in [0, 0.1) is 0 Å². The number of benzene rings is 8. The van der Waals surface area contributed by atoms with Crippen molar-refractivity contribution in [3.05, 3.63) is 152 Å². The quantitative estimate of drug-likeness (QED) is 0.187. The lowest BCUT2D eigenvalue weighted by atomic mass is 9.85. The highest BCUT2D eigenvalue weighted by molar-refractivity contribution is 7.99. The van der Waals surface area contributed by atoms with Crippen LogP contribution < -0.4 is 0 Å². The first-order chi connectivity index (χ1) is 22.3. The Kier molecular flexibility index (Phi) is 5.28. The van der Waals surface area contributed by atoms with Gasteiger partial charge in [-0.2, -0.15) is 0 Å². The molecule has 0 aliphatic carbocycles. The molecule has 2 heteroatoms. The Bertz CT molecular complexity index is 2670. The Balaban J connectivity index is 1.33. The van der Waals surface area contributed by atoms with E-state index in [1.54, 1.807) is 0 Å². The standard InChI is InChI=1S/C43H25NS/c1-2-11-26(12-3-1)34-21-35-30-16-6-7-17-31(30)37(22-36(35)29-15-5-4-14-28(29)34)38-23-41-43(33-19-9-8-18-32(33)38)39-25-44-24-27-13-10-20-40(45-41)42(27)39/h1-25H. The molecule has 9 aromatic rings. The van der Waals surface area contributed by atoms with Crippen LogP contribution in [0.15, 0.2) is 162 Å². The maximum absolute atomic E-state index is 4.67. The van der Waals surface area contributed by atoms with E-state index in [4.69, 9.17) is 0 Å². The van der Waals surface area contributed by atoms with Crippen molar-refractivity contribution in [3.63, 3.8) is 0 Å². The van der Waals surface area contributed by atoms with Gasteiger partial charge in [-0.25, -0.2) is 0 Å². The van der Waals surface area contributed by atoms with E-state index in [9.17, 15) is 0 Å². The molecular weight excluding hydrogens is 563 g/mol. The van der Waals surface area contributed by atoms with Gasteiger partial charge in [-0.05, 0) is 89.6 Å². The van der Waals surface area contributed by atoms with Crippen molar-refractivity contribution < 1.29 is 0 Å². The van der Waals surface area contributed by atoms with E-state index < -0.39 is 0 Å². The van der Waals surface area contributed by atoms with Crippen LogP contribution in [0.25, 0.3) is 87.2 Å². The summed E-state index contributed by atoms with van der Waals surface area (Å²) in [5.74, 6) is 0. The fourth-order valence-electron chi connectivity index (χ4n) is 7.55. The molecule has 10 rings (SSSR count). The molecule has 0 radical (unpaired) electrons. The molecule has 0 unspecified atom stereocenters. The van der Waals surface area contributed by atoms with Gasteiger partial charge in [-0.1, -0.05) is 127 Å². The second kappa shape index (κ2) is 9.53. The normalized spacial score (nSPS) is 12.4. The number of hydrogen-bond acceptors (Lipinski definition) is 2. The molecule has 0 spiro atoms. The van der Waals surface area contributed by atoms with Crippen LogP contribution in [0.4, 0.5) is 0 Å². The molecule has 0 N–H and O–H groups in total. The molecule has 0 amide bonds. The van der Waals surface area contributed by atoms with Crippen LogP contribution in [-0.4, -0.2) is 4.98 Å². The summed E-state index contributed by atoms with van der Waals surface area (Å²) in [5, 5.41) is 12.7. The van der Waals surface area contributed by atoms with Gasteiger partial charge >= 0.3 is 0 Å². The zero-order valence-electron chi connectivity index (χ0n) is 24.3. The topological polar surface area (TPSA) is 12.9 Å². The summed E-state index contributed by atoms with van der Waals surface area (Å²) in [7, 11) is 0. The molecular formula is C43H25NS. The number of hydrogen-bond donors (Lipinski definition) is 0. The average Bonchev–Trinajstić information content (AvgIpc) is 3.11. The molecule has 45 heavy (non-hydrogen) atoms. The van der Waals surface area contributed by atoms with Crippen LogP contribution in [0.3, 0.4) is 0 Å². The Hall–Kier alpha value is -5.44. The van der Waals surface area contributed by atoms with Crippen molar-refractivity contribution in [2.24, 2.45) is 0 Å². The summed E-state index contributed by atoms with van der Waals surface area (Å²) in [4.78, 5) is 7.24. The van der Waals surface area contributed by atoms with E-state index in [1.165, 1.54) is 97.0 Å². The first-order valence-electron chi connectivity index (χ1n) is 15.4. The van der Waals surface area contributed by atoms with Gasteiger partial charge < -0.3 is 0 Å². The van der Waals surface area contributed by atoms with Gasteiger partial charge in [0, 0.05) is 44.1 Å². The lowest BCUT2D eigenvalue weighted by Crippen LogP contribution is -1.97. The fraction of sp³-hybridized carbons (Fsp3) is 0. The van der Waals surface area contributed by atoms with E-state index in [0.717, 1.165) is 0 Å². The summed E-state index contributed by atoms with van der Waals surface area (Å²) < 4.78 is 0. The minimum atomic E-state index is 1.19. The molecule has 0 fully saturated rings. The van der Waals surface area contributed by atoms with Gasteiger partial charge in [0.25, 0.3) is 0 Å². The van der Waals surface area contributed by atoms with Crippen LogP contribution in [-0.2, 0) is 0 Å². The van der Waals surface area contributed by atoms with Gasteiger partial charge in [0.15, 0.2) is 0 Å². The lowest BCUT2D eigenvalue weighted by Gasteiger charge is -2.24. The number of aromatic nitrogens is 1. The molecule has 0 saturated carbocycles. The van der Waals surface area contributed by atoms with Crippen molar-refractivity contribution in [2.45, 2.75) is 9.79 Å². The molecule has 1 aliphatic heterocycles. The van der Waals surface area contributed by atoms with E-state index in [2.05, 4.69) is 151 Å². The number of nitrogens with zero attached hydrogens (tertiary/aromatic N) is 1. The fourth-order valence-corrected chi connectivity index (χ4v) is 8.77. The highest BCUT2D eigenvalue weighted by atomic mass is 32.2.